The maximum absolute atomic E-state index is 13.5. The van der Waals surface area contributed by atoms with E-state index < -0.39 is 0 Å². The Bertz CT molecular complexity index is 1130. The zero-order chi connectivity index (χ0) is 23.4. The van der Waals surface area contributed by atoms with Gasteiger partial charge in [-0.05, 0) is 65.9 Å². The minimum Gasteiger partial charge on any atom is -0.493 e. The second-order valence-corrected chi connectivity index (χ2v) is 8.37. The quantitative estimate of drug-likeness (QED) is 0.446. The van der Waals surface area contributed by atoms with Crippen LogP contribution in [0.3, 0.4) is 0 Å². The number of carbonyl (C=O) groups is 1. The minimum atomic E-state index is -0.303. The number of carbonyl (C=O) groups excluding carboxylic acids is 1. The first kappa shape index (κ1) is 23.0. The van der Waals surface area contributed by atoms with Crippen LogP contribution in [-0.2, 0) is 12.8 Å². The molecular weight excluding hydrogens is 438 g/mol. The summed E-state index contributed by atoms with van der Waals surface area (Å²) >= 11 is 6.36. The number of hydrogen-bond acceptors (Lipinski definition) is 4. The molecule has 0 fully saturated rings. The van der Waals surface area contributed by atoms with Gasteiger partial charge in [-0.1, -0.05) is 42.8 Å². The third-order valence-corrected chi connectivity index (χ3v) is 6.44. The molecule has 1 unspecified atom stereocenters. The van der Waals surface area contributed by atoms with Gasteiger partial charge in [0.25, 0.3) is 5.91 Å². The largest absolute Gasteiger partial charge is 0.493 e. The van der Waals surface area contributed by atoms with E-state index in [1.807, 2.05) is 41.3 Å². The van der Waals surface area contributed by atoms with Gasteiger partial charge in [-0.15, -0.1) is 0 Å². The van der Waals surface area contributed by atoms with Gasteiger partial charge < -0.3 is 19.1 Å². The first-order valence-electron chi connectivity index (χ1n) is 11.1. The molecule has 0 N–H and O–H groups in total. The molecule has 33 heavy (non-hydrogen) atoms. The van der Waals surface area contributed by atoms with Crippen LogP contribution in [0.4, 0.5) is 0 Å². The van der Waals surface area contributed by atoms with Gasteiger partial charge in [0.2, 0.25) is 0 Å². The molecule has 4 rings (SSSR count). The molecule has 172 valence electrons. The Hall–Kier alpha value is -3.18. The maximum atomic E-state index is 13.5. The number of aryl methyl sites for hydroxylation is 1. The third-order valence-electron chi connectivity index (χ3n) is 6.11. The second kappa shape index (κ2) is 10.2. The highest BCUT2D eigenvalue weighted by molar-refractivity contribution is 6.33. The van der Waals surface area contributed by atoms with Gasteiger partial charge in [0, 0.05) is 6.54 Å². The lowest BCUT2D eigenvalue weighted by Gasteiger charge is -2.37. The summed E-state index contributed by atoms with van der Waals surface area (Å²) in [5, 5.41) is 0.440. The Morgan fingerprint density at radius 1 is 1.03 bits per heavy atom. The summed E-state index contributed by atoms with van der Waals surface area (Å²) < 4.78 is 17.2. The minimum absolute atomic E-state index is 0.115. The number of rotatable bonds is 7. The molecule has 0 radical (unpaired) electrons. The molecule has 1 aliphatic heterocycles. The van der Waals surface area contributed by atoms with Crippen molar-refractivity contribution in [3.8, 4) is 17.2 Å². The molecular formula is C27H28ClNO4. The highest BCUT2D eigenvalue weighted by atomic mass is 35.5. The van der Waals surface area contributed by atoms with E-state index in [1.54, 1.807) is 26.4 Å². The van der Waals surface area contributed by atoms with Crippen molar-refractivity contribution in [1.29, 1.82) is 0 Å². The maximum Gasteiger partial charge on any atom is 0.256 e. The molecule has 0 saturated heterocycles. The molecule has 3 aromatic rings. The van der Waals surface area contributed by atoms with Crippen molar-refractivity contribution in [2.24, 2.45) is 0 Å². The van der Waals surface area contributed by atoms with Crippen LogP contribution in [0.15, 0.2) is 60.7 Å². The Morgan fingerprint density at radius 2 is 1.73 bits per heavy atom. The lowest BCUT2D eigenvalue weighted by molar-refractivity contribution is 0.0589. The number of fused-ring (bicyclic) bond motifs is 1. The van der Waals surface area contributed by atoms with Crippen molar-refractivity contribution in [2.45, 2.75) is 25.8 Å². The van der Waals surface area contributed by atoms with E-state index in [2.05, 4.69) is 19.1 Å². The van der Waals surface area contributed by atoms with Gasteiger partial charge in [0.1, 0.15) is 12.4 Å². The topological polar surface area (TPSA) is 48.0 Å². The summed E-state index contributed by atoms with van der Waals surface area (Å²) in [6.45, 7) is 2.98. The van der Waals surface area contributed by atoms with Crippen LogP contribution in [0.5, 0.6) is 17.2 Å². The molecule has 0 aliphatic carbocycles. The monoisotopic (exact) mass is 465 g/mol. The normalized spacial score (nSPS) is 15.0. The molecule has 0 spiro atoms. The number of ether oxygens (including phenoxy) is 3. The number of halogens is 1. The van der Waals surface area contributed by atoms with Crippen LogP contribution in [0.1, 0.15) is 40.0 Å². The molecule has 1 aliphatic rings. The van der Waals surface area contributed by atoms with E-state index in [9.17, 15) is 4.79 Å². The predicted octanol–water partition coefficient (Wildman–Crippen LogP) is 5.74. The summed E-state index contributed by atoms with van der Waals surface area (Å²) in [6, 6.07) is 18.8. The summed E-state index contributed by atoms with van der Waals surface area (Å²) in [5.41, 5.74) is 3.84. The Balaban J connectivity index is 1.70. The average Bonchev–Trinajstić information content (AvgIpc) is 2.86. The fraction of sp³-hybridized carbons (Fsp3) is 0.296. The van der Waals surface area contributed by atoms with Gasteiger partial charge >= 0.3 is 0 Å². The van der Waals surface area contributed by atoms with Gasteiger partial charge in [-0.2, -0.15) is 0 Å². The SMILES string of the molecule is CCc1ccc(OCC2c3cc(OC)c(OC)cc3CCN2C(=O)c2ccccc2Cl)cc1. The molecule has 1 heterocycles. The van der Waals surface area contributed by atoms with E-state index in [4.69, 9.17) is 25.8 Å². The number of methoxy groups -OCH3 is 2. The first-order valence-corrected chi connectivity index (χ1v) is 11.5. The fourth-order valence-electron chi connectivity index (χ4n) is 4.24. The zero-order valence-corrected chi connectivity index (χ0v) is 19.9. The summed E-state index contributed by atoms with van der Waals surface area (Å²) in [5.74, 6) is 1.96. The van der Waals surface area contributed by atoms with E-state index >= 15 is 0 Å². The lowest BCUT2D eigenvalue weighted by Crippen LogP contribution is -2.42. The Morgan fingerprint density at radius 3 is 2.39 bits per heavy atom. The summed E-state index contributed by atoms with van der Waals surface area (Å²) in [6.07, 6.45) is 1.67. The molecule has 0 bridgehead atoms. The van der Waals surface area contributed by atoms with Crippen molar-refractivity contribution in [3.63, 3.8) is 0 Å². The molecule has 1 amide bonds. The van der Waals surface area contributed by atoms with Crippen molar-refractivity contribution >= 4 is 17.5 Å². The molecule has 3 aromatic carbocycles. The molecule has 0 saturated carbocycles. The third kappa shape index (κ3) is 4.79. The number of amides is 1. The Kier molecular flexibility index (Phi) is 7.09. The fourth-order valence-corrected chi connectivity index (χ4v) is 4.45. The van der Waals surface area contributed by atoms with Crippen molar-refractivity contribution in [1.82, 2.24) is 4.90 Å². The van der Waals surface area contributed by atoms with Crippen LogP contribution in [0.25, 0.3) is 0 Å². The zero-order valence-electron chi connectivity index (χ0n) is 19.1. The molecule has 6 heteroatoms. The van der Waals surface area contributed by atoms with Crippen LogP contribution in [-0.4, -0.2) is 38.2 Å². The highest BCUT2D eigenvalue weighted by Gasteiger charge is 2.34. The highest BCUT2D eigenvalue weighted by Crippen LogP contribution is 2.39. The number of benzene rings is 3. The van der Waals surface area contributed by atoms with Crippen molar-refractivity contribution < 1.29 is 19.0 Å². The smallest absolute Gasteiger partial charge is 0.256 e. The van der Waals surface area contributed by atoms with Crippen LogP contribution < -0.4 is 14.2 Å². The van der Waals surface area contributed by atoms with Crippen LogP contribution in [0, 0.1) is 0 Å². The molecule has 5 nitrogen and oxygen atoms in total. The summed E-state index contributed by atoms with van der Waals surface area (Å²) in [4.78, 5) is 15.4. The second-order valence-electron chi connectivity index (χ2n) is 7.96. The standard InChI is InChI=1S/C27H28ClNO4/c1-4-18-9-11-20(12-10-18)33-17-24-22-16-26(32-3)25(31-2)15-19(22)13-14-29(24)27(30)21-7-5-6-8-23(21)28/h5-12,15-16,24H,4,13-14,17H2,1-3H3. The summed E-state index contributed by atoms with van der Waals surface area (Å²) in [7, 11) is 3.24. The van der Waals surface area contributed by atoms with E-state index in [1.165, 1.54) is 5.56 Å². The lowest BCUT2D eigenvalue weighted by atomic mass is 9.91. The number of nitrogens with zero attached hydrogens (tertiary/aromatic N) is 1. The van der Waals surface area contributed by atoms with Gasteiger partial charge in [-0.25, -0.2) is 0 Å². The van der Waals surface area contributed by atoms with Crippen LogP contribution >= 0.6 is 11.6 Å². The predicted molar refractivity (Wildman–Crippen MR) is 130 cm³/mol. The van der Waals surface area contributed by atoms with E-state index in [0.29, 0.717) is 41.7 Å². The first-order chi connectivity index (χ1) is 16.0. The average molecular weight is 466 g/mol. The van der Waals surface area contributed by atoms with Gasteiger partial charge in [-0.3, -0.25) is 4.79 Å². The van der Waals surface area contributed by atoms with Crippen molar-refractivity contribution in [3.05, 3.63) is 87.9 Å². The molecule has 1 atom stereocenters. The number of hydrogen-bond donors (Lipinski definition) is 0. The van der Waals surface area contributed by atoms with E-state index in [-0.39, 0.29) is 11.9 Å². The van der Waals surface area contributed by atoms with Gasteiger partial charge in [0.05, 0.1) is 30.8 Å². The van der Waals surface area contributed by atoms with Crippen molar-refractivity contribution in [2.75, 3.05) is 27.4 Å². The van der Waals surface area contributed by atoms with Crippen LogP contribution in [0.2, 0.25) is 5.02 Å². The van der Waals surface area contributed by atoms with E-state index in [0.717, 1.165) is 23.3 Å². The van der Waals surface area contributed by atoms with Gasteiger partial charge in [0.15, 0.2) is 11.5 Å². The Labute approximate surface area is 199 Å². The molecule has 0 aromatic heterocycles.